The summed E-state index contributed by atoms with van der Waals surface area (Å²) in [6.45, 7) is 7.04. The van der Waals surface area contributed by atoms with Gasteiger partial charge in [-0.1, -0.05) is 13.8 Å². The Morgan fingerprint density at radius 1 is 1.25 bits per heavy atom. The van der Waals surface area contributed by atoms with Gasteiger partial charge < -0.3 is 14.8 Å². The molecule has 1 saturated heterocycles. The largest absolute Gasteiger partial charge is 0.352 e. The summed E-state index contributed by atoms with van der Waals surface area (Å²) in [5.74, 6) is 1.25. The van der Waals surface area contributed by atoms with Gasteiger partial charge in [0.1, 0.15) is 17.8 Å². The number of piperazine rings is 1. The first-order valence-corrected chi connectivity index (χ1v) is 6.98. The van der Waals surface area contributed by atoms with E-state index in [1.165, 1.54) is 0 Å². The van der Waals surface area contributed by atoms with Crippen LogP contribution in [0.15, 0.2) is 18.6 Å². The second kappa shape index (κ2) is 5.11. The zero-order chi connectivity index (χ0) is 14.1. The molecule has 0 aromatic carbocycles. The number of anilines is 1. The Labute approximate surface area is 117 Å². The number of aromatic nitrogens is 3. The Hall–Kier alpha value is -2.11. The SMILES string of the molecule is CC(C)C(=O)N1CCN(c2ncnc3[nH]ccc23)CC1. The summed E-state index contributed by atoms with van der Waals surface area (Å²) in [7, 11) is 0. The van der Waals surface area contributed by atoms with Crippen LogP contribution in [0.1, 0.15) is 13.8 Å². The van der Waals surface area contributed by atoms with Crippen LogP contribution in [-0.2, 0) is 4.79 Å². The van der Waals surface area contributed by atoms with Crippen molar-refractivity contribution >= 4 is 22.8 Å². The summed E-state index contributed by atoms with van der Waals surface area (Å²) in [5, 5.41) is 1.04. The second-order valence-electron chi connectivity index (χ2n) is 5.40. The average molecular weight is 273 g/mol. The van der Waals surface area contributed by atoms with Gasteiger partial charge >= 0.3 is 0 Å². The fourth-order valence-electron chi connectivity index (χ4n) is 2.61. The molecule has 2 aromatic heterocycles. The molecule has 2 aromatic rings. The lowest BCUT2D eigenvalue weighted by Gasteiger charge is -2.36. The molecule has 1 N–H and O–H groups in total. The summed E-state index contributed by atoms with van der Waals surface area (Å²) in [4.78, 5) is 27.9. The van der Waals surface area contributed by atoms with Crippen molar-refractivity contribution in [2.45, 2.75) is 13.8 Å². The van der Waals surface area contributed by atoms with Crippen molar-refractivity contribution < 1.29 is 4.79 Å². The number of carbonyl (C=O) groups excluding carboxylic acids is 1. The molecule has 1 aliphatic heterocycles. The first kappa shape index (κ1) is 12.9. The molecule has 0 bridgehead atoms. The van der Waals surface area contributed by atoms with Gasteiger partial charge in [-0.3, -0.25) is 4.79 Å². The minimum absolute atomic E-state index is 0.0666. The van der Waals surface area contributed by atoms with Crippen molar-refractivity contribution in [3.63, 3.8) is 0 Å². The van der Waals surface area contributed by atoms with E-state index in [9.17, 15) is 4.79 Å². The summed E-state index contributed by atoms with van der Waals surface area (Å²) in [6, 6.07) is 2.00. The zero-order valence-corrected chi connectivity index (χ0v) is 11.8. The predicted octanol–water partition coefficient (Wildman–Crippen LogP) is 1.26. The van der Waals surface area contributed by atoms with Crippen molar-refractivity contribution in [3.8, 4) is 0 Å². The van der Waals surface area contributed by atoms with Crippen molar-refractivity contribution in [2.75, 3.05) is 31.1 Å². The molecule has 1 aliphatic rings. The molecule has 0 atom stereocenters. The third-order valence-electron chi connectivity index (χ3n) is 3.72. The van der Waals surface area contributed by atoms with Gasteiger partial charge in [0.05, 0.1) is 5.39 Å². The van der Waals surface area contributed by atoms with Gasteiger partial charge in [0.25, 0.3) is 0 Å². The number of nitrogens with zero attached hydrogens (tertiary/aromatic N) is 4. The Kier molecular flexibility index (Phi) is 3.30. The number of carbonyl (C=O) groups is 1. The molecule has 0 saturated carbocycles. The molecule has 0 spiro atoms. The fourth-order valence-corrected chi connectivity index (χ4v) is 2.61. The lowest BCUT2D eigenvalue weighted by atomic mass is 10.1. The van der Waals surface area contributed by atoms with Gasteiger partial charge in [-0.25, -0.2) is 9.97 Å². The van der Waals surface area contributed by atoms with Crippen LogP contribution < -0.4 is 4.90 Å². The number of H-pyrrole nitrogens is 1. The molecule has 3 rings (SSSR count). The fraction of sp³-hybridized carbons (Fsp3) is 0.500. The Balaban J connectivity index is 1.75. The van der Waals surface area contributed by atoms with Crippen LogP contribution in [0.3, 0.4) is 0 Å². The van der Waals surface area contributed by atoms with E-state index >= 15 is 0 Å². The maximum atomic E-state index is 12.0. The van der Waals surface area contributed by atoms with Gasteiger partial charge in [0.15, 0.2) is 0 Å². The van der Waals surface area contributed by atoms with Gasteiger partial charge in [-0.05, 0) is 6.07 Å². The lowest BCUT2D eigenvalue weighted by molar-refractivity contribution is -0.134. The number of nitrogens with one attached hydrogen (secondary N) is 1. The highest BCUT2D eigenvalue weighted by atomic mass is 16.2. The monoisotopic (exact) mass is 273 g/mol. The van der Waals surface area contributed by atoms with E-state index < -0.39 is 0 Å². The topological polar surface area (TPSA) is 65.1 Å². The van der Waals surface area contributed by atoms with Gasteiger partial charge in [-0.15, -0.1) is 0 Å². The highest BCUT2D eigenvalue weighted by Gasteiger charge is 2.24. The summed E-state index contributed by atoms with van der Waals surface area (Å²) in [5.41, 5.74) is 0.857. The standard InChI is InChI=1S/C14H19N5O/c1-10(2)14(20)19-7-5-18(6-8-19)13-11-3-4-15-12(11)16-9-17-13/h3-4,9-10H,5-8H2,1-2H3,(H,15,16,17). The van der Waals surface area contributed by atoms with Crippen molar-refractivity contribution in [2.24, 2.45) is 5.92 Å². The number of hydrogen-bond donors (Lipinski definition) is 1. The molecular weight excluding hydrogens is 254 g/mol. The van der Waals surface area contributed by atoms with Crippen LogP contribution in [0, 0.1) is 5.92 Å². The van der Waals surface area contributed by atoms with E-state index in [0.29, 0.717) is 0 Å². The maximum absolute atomic E-state index is 12.0. The number of aromatic amines is 1. The smallest absolute Gasteiger partial charge is 0.225 e. The highest BCUT2D eigenvalue weighted by molar-refractivity contribution is 5.87. The predicted molar refractivity (Wildman–Crippen MR) is 77.5 cm³/mol. The van der Waals surface area contributed by atoms with Crippen LogP contribution in [0.5, 0.6) is 0 Å². The van der Waals surface area contributed by atoms with Crippen LogP contribution in [-0.4, -0.2) is 51.9 Å². The van der Waals surface area contributed by atoms with E-state index in [1.54, 1.807) is 6.33 Å². The number of amides is 1. The van der Waals surface area contributed by atoms with Gasteiger partial charge in [0.2, 0.25) is 5.91 Å². The lowest BCUT2D eigenvalue weighted by Crippen LogP contribution is -2.50. The molecule has 20 heavy (non-hydrogen) atoms. The Bertz CT molecular complexity index is 613. The van der Waals surface area contributed by atoms with E-state index in [1.807, 2.05) is 31.0 Å². The summed E-state index contributed by atoms with van der Waals surface area (Å²) in [6.07, 6.45) is 3.46. The Morgan fingerprint density at radius 3 is 2.70 bits per heavy atom. The van der Waals surface area contributed by atoms with Crippen LogP contribution in [0.2, 0.25) is 0 Å². The van der Waals surface area contributed by atoms with E-state index in [4.69, 9.17) is 0 Å². The Morgan fingerprint density at radius 2 is 2.00 bits per heavy atom. The number of rotatable bonds is 2. The third kappa shape index (κ3) is 2.21. The molecule has 0 aliphatic carbocycles. The van der Waals surface area contributed by atoms with Crippen LogP contribution >= 0.6 is 0 Å². The highest BCUT2D eigenvalue weighted by Crippen LogP contribution is 2.23. The average Bonchev–Trinajstić information content (AvgIpc) is 2.95. The number of hydrogen-bond acceptors (Lipinski definition) is 4. The molecule has 6 nitrogen and oxygen atoms in total. The minimum atomic E-state index is 0.0666. The van der Waals surface area contributed by atoms with E-state index in [0.717, 1.165) is 43.0 Å². The van der Waals surface area contributed by atoms with Crippen LogP contribution in [0.25, 0.3) is 11.0 Å². The van der Waals surface area contributed by atoms with E-state index in [-0.39, 0.29) is 11.8 Å². The molecular formula is C14H19N5O. The van der Waals surface area contributed by atoms with Crippen molar-refractivity contribution in [3.05, 3.63) is 18.6 Å². The molecule has 106 valence electrons. The molecule has 6 heteroatoms. The first-order chi connectivity index (χ1) is 9.66. The second-order valence-corrected chi connectivity index (χ2v) is 5.40. The molecule has 0 unspecified atom stereocenters. The van der Waals surface area contributed by atoms with Crippen molar-refractivity contribution in [1.29, 1.82) is 0 Å². The third-order valence-corrected chi connectivity index (χ3v) is 3.72. The quantitative estimate of drug-likeness (QED) is 0.894. The summed E-state index contributed by atoms with van der Waals surface area (Å²) >= 11 is 0. The molecule has 0 radical (unpaired) electrons. The minimum Gasteiger partial charge on any atom is -0.352 e. The number of fused-ring (bicyclic) bond motifs is 1. The van der Waals surface area contributed by atoms with E-state index in [2.05, 4.69) is 19.9 Å². The molecule has 1 amide bonds. The molecule has 3 heterocycles. The van der Waals surface area contributed by atoms with Crippen LogP contribution in [0.4, 0.5) is 5.82 Å². The van der Waals surface area contributed by atoms with Gasteiger partial charge in [0, 0.05) is 38.3 Å². The summed E-state index contributed by atoms with van der Waals surface area (Å²) < 4.78 is 0. The van der Waals surface area contributed by atoms with Gasteiger partial charge in [-0.2, -0.15) is 0 Å². The zero-order valence-electron chi connectivity index (χ0n) is 11.8. The normalized spacial score (nSPS) is 16.1. The first-order valence-electron chi connectivity index (χ1n) is 6.98. The molecule has 1 fully saturated rings. The maximum Gasteiger partial charge on any atom is 0.225 e. The van der Waals surface area contributed by atoms with Crippen molar-refractivity contribution in [1.82, 2.24) is 19.9 Å².